The van der Waals surface area contributed by atoms with Gasteiger partial charge in [-0.3, -0.25) is 0 Å². The van der Waals surface area contributed by atoms with E-state index in [4.69, 9.17) is 4.42 Å². The highest BCUT2D eigenvalue weighted by molar-refractivity contribution is 5.74. The summed E-state index contributed by atoms with van der Waals surface area (Å²) in [5, 5.41) is 3.32. The Morgan fingerprint density at radius 3 is 3.17 bits per heavy atom. The lowest BCUT2D eigenvalue weighted by atomic mass is 9.99. The van der Waals surface area contributed by atoms with Gasteiger partial charge in [-0.15, -0.1) is 0 Å². The number of nitrogens with zero attached hydrogens (tertiary/aromatic N) is 2. The number of hydrogen-bond donors (Lipinski definition) is 1. The molecule has 1 atom stereocenters. The third-order valence-corrected chi connectivity index (χ3v) is 3.56. The highest BCUT2D eigenvalue weighted by Gasteiger charge is 2.17. The van der Waals surface area contributed by atoms with Crippen LogP contribution in [0.3, 0.4) is 0 Å². The van der Waals surface area contributed by atoms with Crippen LogP contribution in [0.15, 0.2) is 28.7 Å². The number of hydrogen-bond acceptors (Lipinski definition) is 4. The minimum atomic E-state index is 0.643. The Labute approximate surface area is 107 Å². The molecule has 4 heteroatoms. The number of piperidine rings is 1. The second kappa shape index (κ2) is 4.98. The first kappa shape index (κ1) is 11.5. The summed E-state index contributed by atoms with van der Waals surface area (Å²) in [7, 11) is 2.19. The van der Waals surface area contributed by atoms with Gasteiger partial charge in [0.25, 0.3) is 6.01 Å². The number of rotatable bonds is 3. The summed E-state index contributed by atoms with van der Waals surface area (Å²) in [6, 6.07) is 8.50. The van der Waals surface area contributed by atoms with Gasteiger partial charge in [-0.1, -0.05) is 12.1 Å². The van der Waals surface area contributed by atoms with E-state index in [1.165, 1.54) is 19.4 Å². The molecule has 1 fully saturated rings. The van der Waals surface area contributed by atoms with Gasteiger partial charge in [-0.25, -0.2) is 0 Å². The van der Waals surface area contributed by atoms with E-state index < -0.39 is 0 Å². The van der Waals surface area contributed by atoms with Crippen LogP contribution in [0.1, 0.15) is 12.8 Å². The van der Waals surface area contributed by atoms with Crippen LogP contribution in [-0.4, -0.2) is 36.6 Å². The molecule has 2 heterocycles. The van der Waals surface area contributed by atoms with Crippen molar-refractivity contribution in [2.24, 2.45) is 5.92 Å². The summed E-state index contributed by atoms with van der Waals surface area (Å²) >= 11 is 0. The topological polar surface area (TPSA) is 41.3 Å². The number of aromatic nitrogens is 1. The average molecular weight is 245 g/mol. The van der Waals surface area contributed by atoms with Crippen molar-refractivity contribution in [3.05, 3.63) is 24.3 Å². The van der Waals surface area contributed by atoms with Gasteiger partial charge in [-0.05, 0) is 44.5 Å². The molecular weight excluding hydrogens is 226 g/mol. The van der Waals surface area contributed by atoms with E-state index in [-0.39, 0.29) is 0 Å². The van der Waals surface area contributed by atoms with Crippen LogP contribution in [0.5, 0.6) is 0 Å². The van der Waals surface area contributed by atoms with Crippen molar-refractivity contribution < 1.29 is 4.42 Å². The fraction of sp³-hybridized carbons (Fsp3) is 0.500. The van der Waals surface area contributed by atoms with Gasteiger partial charge in [0, 0.05) is 13.1 Å². The predicted octanol–water partition coefficient (Wildman–Crippen LogP) is 2.58. The number of oxazole rings is 1. The van der Waals surface area contributed by atoms with Crippen LogP contribution in [0.2, 0.25) is 0 Å². The van der Waals surface area contributed by atoms with Crippen molar-refractivity contribution in [2.45, 2.75) is 12.8 Å². The molecule has 0 amide bonds. The molecule has 1 aliphatic heterocycles. The number of para-hydroxylation sites is 2. The summed E-state index contributed by atoms with van der Waals surface area (Å²) < 4.78 is 5.65. The molecule has 1 aromatic carbocycles. The fourth-order valence-electron chi connectivity index (χ4n) is 2.62. The first-order chi connectivity index (χ1) is 8.81. The lowest BCUT2D eigenvalue weighted by Gasteiger charge is -2.29. The molecule has 1 aromatic heterocycles. The lowest BCUT2D eigenvalue weighted by Crippen LogP contribution is -2.35. The van der Waals surface area contributed by atoms with Crippen molar-refractivity contribution in [3.63, 3.8) is 0 Å². The van der Waals surface area contributed by atoms with Crippen LogP contribution >= 0.6 is 0 Å². The van der Waals surface area contributed by atoms with Gasteiger partial charge in [0.2, 0.25) is 0 Å². The van der Waals surface area contributed by atoms with E-state index in [0.717, 1.165) is 24.2 Å². The van der Waals surface area contributed by atoms with Gasteiger partial charge in [0.05, 0.1) is 0 Å². The molecule has 0 radical (unpaired) electrons. The summed E-state index contributed by atoms with van der Waals surface area (Å²) in [5.74, 6) is 0.693. The normalized spacial score (nSPS) is 21.3. The Kier molecular flexibility index (Phi) is 3.19. The van der Waals surface area contributed by atoms with Crippen molar-refractivity contribution in [1.29, 1.82) is 0 Å². The Morgan fingerprint density at radius 1 is 1.44 bits per heavy atom. The molecule has 1 unspecified atom stereocenters. The van der Waals surface area contributed by atoms with Crippen LogP contribution < -0.4 is 5.32 Å². The molecule has 1 saturated heterocycles. The monoisotopic (exact) mass is 245 g/mol. The van der Waals surface area contributed by atoms with Gasteiger partial charge < -0.3 is 14.6 Å². The highest BCUT2D eigenvalue weighted by atomic mass is 16.4. The molecule has 96 valence electrons. The van der Waals surface area contributed by atoms with E-state index in [2.05, 4.69) is 22.2 Å². The summed E-state index contributed by atoms with van der Waals surface area (Å²) in [5.41, 5.74) is 1.77. The Bertz CT molecular complexity index is 489. The largest absolute Gasteiger partial charge is 0.424 e. The molecule has 0 aliphatic carbocycles. The van der Waals surface area contributed by atoms with E-state index in [0.29, 0.717) is 11.9 Å². The SMILES string of the molecule is CN1CCCC(CNc2nc3ccccc3o2)C1. The Hall–Kier alpha value is -1.55. The fourth-order valence-corrected chi connectivity index (χ4v) is 2.62. The smallest absolute Gasteiger partial charge is 0.295 e. The maximum absolute atomic E-state index is 5.65. The molecule has 18 heavy (non-hydrogen) atoms. The predicted molar refractivity (Wildman–Crippen MR) is 72.7 cm³/mol. The lowest BCUT2D eigenvalue weighted by molar-refractivity contribution is 0.216. The highest BCUT2D eigenvalue weighted by Crippen LogP contribution is 2.20. The maximum atomic E-state index is 5.65. The molecule has 3 rings (SSSR count). The zero-order chi connectivity index (χ0) is 12.4. The zero-order valence-corrected chi connectivity index (χ0v) is 10.7. The zero-order valence-electron chi connectivity index (χ0n) is 10.7. The van der Waals surface area contributed by atoms with E-state index in [1.807, 2.05) is 24.3 Å². The molecule has 1 N–H and O–H groups in total. The second-order valence-electron chi connectivity index (χ2n) is 5.14. The maximum Gasteiger partial charge on any atom is 0.295 e. The van der Waals surface area contributed by atoms with Gasteiger partial charge in [-0.2, -0.15) is 4.98 Å². The summed E-state index contributed by atoms with van der Waals surface area (Å²) in [6.45, 7) is 3.32. The second-order valence-corrected chi connectivity index (χ2v) is 5.14. The van der Waals surface area contributed by atoms with Crippen molar-refractivity contribution in [1.82, 2.24) is 9.88 Å². The van der Waals surface area contributed by atoms with Gasteiger partial charge in [0.15, 0.2) is 5.58 Å². The minimum absolute atomic E-state index is 0.643. The third-order valence-electron chi connectivity index (χ3n) is 3.56. The molecule has 0 spiro atoms. The average Bonchev–Trinajstić information content (AvgIpc) is 2.79. The number of fused-ring (bicyclic) bond motifs is 1. The van der Waals surface area contributed by atoms with Crippen LogP contribution in [0, 0.1) is 5.92 Å². The molecule has 4 nitrogen and oxygen atoms in total. The van der Waals surface area contributed by atoms with Crippen LogP contribution in [0.4, 0.5) is 6.01 Å². The number of nitrogens with one attached hydrogen (secondary N) is 1. The first-order valence-electron chi connectivity index (χ1n) is 6.59. The molecule has 0 saturated carbocycles. The molecule has 2 aromatic rings. The number of likely N-dealkylation sites (tertiary alicyclic amines) is 1. The van der Waals surface area contributed by atoms with E-state index >= 15 is 0 Å². The van der Waals surface area contributed by atoms with Gasteiger partial charge >= 0.3 is 0 Å². The van der Waals surface area contributed by atoms with Crippen molar-refractivity contribution in [3.8, 4) is 0 Å². The Balaban J connectivity index is 1.62. The van der Waals surface area contributed by atoms with Crippen molar-refractivity contribution in [2.75, 3.05) is 32.0 Å². The summed E-state index contributed by atoms with van der Waals surface area (Å²) in [4.78, 5) is 6.82. The Morgan fingerprint density at radius 2 is 2.33 bits per heavy atom. The number of benzene rings is 1. The van der Waals surface area contributed by atoms with Gasteiger partial charge in [0.1, 0.15) is 5.52 Å². The summed E-state index contributed by atoms with van der Waals surface area (Å²) in [6.07, 6.45) is 2.58. The standard InChI is InChI=1S/C14H19N3O/c1-17-8-4-5-11(10-17)9-15-14-16-12-6-2-3-7-13(12)18-14/h2-3,6-7,11H,4-5,8-10H2,1H3,(H,15,16). The first-order valence-corrected chi connectivity index (χ1v) is 6.59. The van der Waals surface area contributed by atoms with E-state index in [1.54, 1.807) is 0 Å². The molecule has 1 aliphatic rings. The van der Waals surface area contributed by atoms with Crippen molar-refractivity contribution >= 4 is 17.1 Å². The number of anilines is 1. The molecule has 0 bridgehead atoms. The van der Waals surface area contributed by atoms with Crippen LogP contribution in [0.25, 0.3) is 11.1 Å². The third kappa shape index (κ3) is 2.48. The van der Waals surface area contributed by atoms with E-state index in [9.17, 15) is 0 Å². The van der Waals surface area contributed by atoms with Crippen LogP contribution in [-0.2, 0) is 0 Å². The molecular formula is C14H19N3O. The quantitative estimate of drug-likeness (QED) is 0.902. The minimum Gasteiger partial charge on any atom is -0.424 e.